The van der Waals surface area contributed by atoms with Gasteiger partial charge in [-0.3, -0.25) is 0 Å². The van der Waals surface area contributed by atoms with E-state index in [2.05, 4.69) is 67.1 Å². The van der Waals surface area contributed by atoms with Crippen molar-refractivity contribution in [1.29, 1.82) is 0 Å². The second kappa shape index (κ2) is 4.58. The molecule has 0 fully saturated rings. The Hall–Kier alpha value is -1.82. The highest BCUT2D eigenvalue weighted by atomic mass is 14.1. The van der Waals surface area contributed by atoms with Crippen LogP contribution in [0.25, 0.3) is 10.8 Å². The lowest BCUT2D eigenvalue weighted by atomic mass is 9.96. The Morgan fingerprint density at radius 3 is 2.71 bits per heavy atom. The van der Waals surface area contributed by atoms with E-state index in [1.807, 2.05) is 0 Å². The maximum absolute atomic E-state index is 2.31. The summed E-state index contributed by atoms with van der Waals surface area (Å²) in [6.45, 7) is 0. The fraction of sp³-hybridized carbons (Fsp3) is 0.118. The lowest BCUT2D eigenvalue weighted by molar-refractivity contribution is 1.13. The van der Waals surface area contributed by atoms with Crippen LogP contribution in [0, 0.1) is 6.42 Å². The predicted molar refractivity (Wildman–Crippen MR) is 73.8 cm³/mol. The summed E-state index contributed by atoms with van der Waals surface area (Å²) < 4.78 is 0. The summed E-state index contributed by atoms with van der Waals surface area (Å²) in [7, 11) is 0. The molecular formula is C17H15. The molecule has 17 heavy (non-hydrogen) atoms. The van der Waals surface area contributed by atoms with Crippen molar-refractivity contribution < 1.29 is 0 Å². The van der Waals surface area contributed by atoms with Gasteiger partial charge in [0.2, 0.25) is 0 Å². The lowest BCUT2D eigenvalue weighted by Gasteiger charge is -2.09. The Bertz CT molecular complexity index is 583. The van der Waals surface area contributed by atoms with Crippen molar-refractivity contribution >= 4 is 10.8 Å². The molecule has 0 amide bonds. The van der Waals surface area contributed by atoms with Gasteiger partial charge in [-0.2, -0.15) is 0 Å². The fourth-order valence-electron chi connectivity index (χ4n) is 2.36. The zero-order valence-electron chi connectivity index (χ0n) is 9.77. The third kappa shape index (κ3) is 2.16. The minimum absolute atomic E-state index is 1.03. The van der Waals surface area contributed by atoms with Gasteiger partial charge in [-0.15, -0.1) is 0 Å². The summed E-state index contributed by atoms with van der Waals surface area (Å²) >= 11 is 0. The first kappa shape index (κ1) is 10.3. The van der Waals surface area contributed by atoms with Crippen molar-refractivity contribution in [3.63, 3.8) is 0 Å². The van der Waals surface area contributed by atoms with Crippen LogP contribution >= 0.6 is 0 Å². The summed E-state index contributed by atoms with van der Waals surface area (Å²) in [4.78, 5) is 0. The smallest absolute Gasteiger partial charge is 0.00229 e. The zero-order valence-corrected chi connectivity index (χ0v) is 9.77. The van der Waals surface area contributed by atoms with Gasteiger partial charge in [-0.1, -0.05) is 60.7 Å². The van der Waals surface area contributed by atoms with Crippen LogP contribution in [-0.4, -0.2) is 0 Å². The second-order valence-corrected chi connectivity index (χ2v) is 4.42. The van der Waals surface area contributed by atoms with Crippen LogP contribution < -0.4 is 0 Å². The van der Waals surface area contributed by atoms with Crippen LogP contribution in [0.3, 0.4) is 0 Å². The molecule has 0 N–H and O–H groups in total. The topological polar surface area (TPSA) is 0 Å². The summed E-state index contributed by atoms with van der Waals surface area (Å²) in [5, 5.41) is 2.70. The first-order chi connectivity index (χ1) is 8.43. The molecule has 83 valence electrons. The summed E-state index contributed by atoms with van der Waals surface area (Å²) in [6.07, 6.45) is 11.0. The van der Waals surface area contributed by atoms with E-state index in [-0.39, 0.29) is 0 Å². The van der Waals surface area contributed by atoms with Gasteiger partial charge in [-0.25, -0.2) is 0 Å². The molecule has 2 aromatic rings. The van der Waals surface area contributed by atoms with Crippen molar-refractivity contribution in [1.82, 2.24) is 0 Å². The fourth-order valence-corrected chi connectivity index (χ4v) is 2.36. The molecule has 0 spiro atoms. The summed E-state index contributed by atoms with van der Waals surface area (Å²) in [5.74, 6) is 0. The Kier molecular flexibility index (Phi) is 2.79. The second-order valence-electron chi connectivity index (χ2n) is 4.42. The predicted octanol–water partition coefficient (Wildman–Crippen LogP) is 4.47. The number of hydrogen-bond acceptors (Lipinski definition) is 0. The standard InChI is InChI=1S/C17H15/c1-2-7-14(8-3-1)13-16-11-6-10-15-9-4-5-12-17(15)16/h1-2,4-12H,3,13H2. The van der Waals surface area contributed by atoms with Gasteiger partial charge < -0.3 is 0 Å². The zero-order chi connectivity index (χ0) is 11.5. The molecule has 0 unspecified atom stereocenters. The van der Waals surface area contributed by atoms with Gasteiger partial charge in [0.15, 0.2) is 0 Å². The molecule has 1 aliphatic carbocycles. The Morgan fingerprint density at radius 2 is 1.82 bits per heavy atom. The molecule has 0 saturated carbocycles. The van der Waals surface area contributed by atoms with Crippen LogP contribution in [0.4, 0.5) is 0 Å². The van der Waals surface area contributed by atoms with E-state index in [1.54, 1.807) is 0 Å². The molecule has 2 aromatic carbocycles. The average Bonchev–Trinajstić information content (AvgIpc) is 2.40. The van der Waals surface area contributed by atoms with Crippen LogP contribution in [0.5, 0.6) is 0 Å². The van der Waals surface area contributed by atoms with Gasteiger partial charge in [0.25, 0.3) is 0 Å². The minimum Gasteiger partial charge on any atom is -0.0804 e. The summed E-state index contributed by atoms with van der Waals surface area (Å²) in [6, 6.07) is 15.2. The molecule has 0 nitrogen and oxygen atoms in total. The van der Waals surface area contributed by atoms with Gasteiger partial charge in [0.05, 0.1) is 0 Å². The van der Waals surface area contributed by atoms with Gasteiger partial charge >= 0.3 is 0 Å². The lowest BCUT2D eigenvalue weighted by Crippen LogP contribution is -1.92. The molecule has 1 aliphatic rings. The number of hydrogen-bond donors (Lipinski definition) is 0. The van der Waals surface area contributed by atoms with Crippen LogP contribution in [0.1, 0.15) is 12.0 Å². The maximum atomic E-state index is 2.31. The van der Waals surface area contributed by atoms with E-state index < -0.39 is 0 Å². The number of allylic oxidation sites excluding steroid dienone is 4. The number of fused-ring (bicyclic) bond motifs is 1. The molecule has 0 aromatic heterocycles. The largest absolute Gasteiger partial charge is 0.0804 e. The third-order valence-corrected chi connectivity index (χ3v) is 3.24. The number of benzene rings is 2. The van der Waals surface area contributed by atoms with Crippen LogP contribution in [0.2, 0.25) is 0 Å². The third-order valence-electron chi connectivity index (χ3n) is 3.24. The van der Waals surface area contributed by atoms with E-state index in [0.717, 1.165) is 12.8 Å². The normalized spacial score (nSPS) is 14.9. The highest BCUT2D eigenvalue weighted by Gasteiger charge is 2.03. The first-order valence-electron chi connectivity index (χ1n) is 6.09. The van der Waals surface area contributed by atoms with Crippen LogP contribution in [0.15, 0.2) is 66.3 Å². The number of rotatable bonds is 2. The quantitative estimate of drug-likeness (QED) is 0.699. The van der Waals surface area contributed by atoms with Gasteiger partial charge in [-0.05, 0) is 41.2 Å². The van der Waals surface area contributed by atoms with E-state index in [4.69, 9.17) is 0 Å². The molecule has 0 heterocycles. The van der Waals surface area contributed by atoms with Crippen molar-refractivity contribution in [2.24, 2.45) is 0 Å². The SMILES string of the molecule is [CH]1C=CC(Cc2cccc3ccccc23)=CC1. The van der Waals surface area contributed by atoms with E-state index in [9.17, 15) is 0 Å². The molecule has 0 bridgehead atoms. The highest BCUT2D eigenvalue weighted by Crippen LogP contribution is 2.22. The van der Waals surface area contributed by atoms with E-state index >= 15 is 0 Å². The Morgan fingerprint density at radius 1 is 0.941 bits per heavy atom. The van der Waals surface area contributed by atoms with Crippen molar-refractivity contribution in [2.75, 3.05) is 0 Å². The molecule has 0 atom stereocenters. The summed E-state index contributed by atoms with van der Waals surface area (Å²) in [5.41, 5.74) is 2.84. The minimum atomic E-state index is 1.03. The first-order valence-corrected chi connectivity index (χ1v) is 6.09. The van der Waals surface area contributed by atoms with E-state index in [0.29, 0.717) is 0 Å². The molecule has 1 radical (unpaired) electrons. The van der Waals surface area contributed by atoms with Crippen LogP contribution in [-0.2, 0) is 6.42 Å². The highest BCUT2D eigenvalue weighted by molar-refractivity contribution is 5.85. The molecule has 0 aliphatic heterocycles. The van der Waals surface area contributed by atoms with Gasteiger partial charge in [0.1, 0.15) is 0 Å². The molecule has 0 saturated heterocycles. The van der Waals surface area contributed by atoms with Crippen molar-refractivity contribution in [3.05, 3.63) is 78.3 Å². The molecular weight excluding hydrogens is 204 g/mol. The maximum Gasteiger partial charge on any atom is -0.00229 e. The Balaban J connectivity index is 2.00. The molecule has 0 heteroatoms. The van der Waals surface area contributed by atoms with Crippen molar-refractivity contribution in [3.8, 4) is 0 Å². The monoisotopic (exact) mass is 219 g/mol. The Labute approximate surface area is 102 Å². The molecule has 3 rings (SSSR count). The average molecular weight is 219 g/mol. The van der Waals surface area contributed by atoms with E-state index in [1.165, 1.54) is 21.9 Å². The van der Waals surface area contributed by atoms with Gasteiger partial charge in [0, 0.05) is 0 Å². The van der Waals surface area contributed by atoms with Crippen molar-refractivity contribution in [2.45, 2.75) is 12.8 Å².